The van der Waals surface area contributed by atoms with E-state index in [4.69, 9.17) is 4.74 Å². The fraction of sp³-hybridized carbons (Fsp3) is 0.895. The average Bonchev–Trinajstić information content (AvgIpc) is 2.49. The summed E-state index contributed by atoms with van der Waals surface area (Å²) in [6, 6.07) is 0.429. The van der Waals surface area contributed by atoms with Crippen LogP contribution in [0.2, 0.25) is 0 Å². The van der Waals surface area contributed by atoms with E-state index in [0.29, 0.717) is 11.5 Å². The summed E-state index contributed by atoms with van der Waals surface area (Å²) in [6.45, 7) is 11.0. The summed E-state index contributed by atoms with van der Waals surface area (Å²) in [4.78, 5) is 0. The number of rotatable bonds is 6. The Morgan fingerprint density at radius 1 is 1.14 bits per heavy atom. The van der Waals surface area contributed by atoms with Gasteiger partial charge < -0.3 is 10.1 Å². The molecule has 1 N–H and O–H groups in total. The van der Waals surface area contributed by atoms with Gasteiger partial charge in [0.2, 0.25) is 0 Å². The third-order valence-corrected chi connectivity index (χ3v) is 5.51. The summed E-state index contributed by atoms with van der Waals surface area (Å²) in [6.07, 6.45) is 12.7. The first-order valence-corrected chi connectivity index (χ1v) is 9.09. The van der Waals surface area contributed by atoms with Gasteiger partial charge in [0, 0.05) is 6.61 Å². The Bertz CT molecular complexity index is 349. The van der Waals surface area contributed by atoms with Gasteiger partial charge >= 0.3 is 0 Å². The maximum absolute atomic E-state index is 6.43. The largest absolute Gasteiger partial charge is 0.373 e. The molecule has 1 unspecified atom stereocenters. The summed E-state index contributed by atoms with van der Waals surface area (Å²) in [5.41, 5.74) is 2.14. The van der Waals surface area contributed by atoms with Gasteiger partial charge in [-0.25, -0.2) is 0 Å². The predicted octanol–water partition coefficient (Wildman–Crippen LogP) is 4.84. The van der Waals surface area contributed by atoms with Gasteiger partial charge in [0.1, 0.15) is 0 Å². The minimum Gasteiger partial charge on any atom is -0.373 e. The predicted molar refractivity (Wildman–Crippen MR) is 90.6 cm³/mol. The van der Waals surface area contributed by atoms with Crippen molar-refractivity contribution in [2.75, 3.05) is 13.2 Å². The fourth-order valence-corrected chi connectivity index (χ4v) is 4.14. The molecule has 21 heavy (non-hydrogen) atoms. The van der Waals surface area contributed by atoms with E-state index in [2.05, 4.69) is 39.1 Å². The molecule has 2 aliphatic carbocycles. The molecule has 0 aromatic heterocycles. The summed E-state index contributed by atoms with van der Waals surface area (Å²) in [5, 5.41) is 3.78. The van der Waals surface area contributed by atoms with Crippen molar-refractivity contribution in [3.8, 4) is 0 Å². The van der Waals surface area contributed by atoms with Gasteiger partial charge in [0.25, 0.3) is 0 Å². The smallest absolute Gasteiger partial charge is 0.0873 e. The molecular weight excluding hydrogens is 258 g/mol. The molecule has 0 saturated heterocycles. The van der Waals surface area contributed by atoms with Crippen molar-refractivity contribution in [2.45, 2.75) is 90.7 Å². The minimum atomic E-state index is 0.0312. The third kappa shape index (κ3) is 4.10. The Kier molecular flexibility index (Phi) is 5.90. The molecule has 122 valence electrons. The van der Waals surface area contributed by atoms with Crippen LogP contribution in [-0.4, -0.2) is 24.8 Å². The molecule has 0 radical (unpaired) electrons. The quantitative estimate of drug-likeness (QED) is 0.707. The molecular formula is C19H35NO. The number of nitrogens with one attached hydrogen (secondary N) is 1. The number of likely N-dealkylation sites (N-methyl/N-ethyl adjacent to an activating group) is 1. The summed E-state index contributed by atoms with van der Waals surface area (Å²) < 4.78 is 6.43. The number of hydrogen-bond acceptors (Lipinski definition) is 2. The summed E-state index contributed by atoms with van der Waals surface area (Å²) >= 11 is 0. The van der Waals surface area contributed by atoms with E-state index in [1.807, 2.05) is 0 Å². The zero-order chi connectivity index (χ0) is 15.3. The van der Waals surface area contributed by atoms with Crippen molar-refractivity contribution in [3.05, 3.63) is 11.6 Å². The van der Waals surface area contributed by atoms with Crippen molar-refractivity contribution >= 4 is 0 Å². The maximum atomic E-state index is 6.43. The molecule has 0 spiro atoms. The highest BCUT2D eigenvalue weighted by atomic mass is 16.5. The monoisotopic (exact) mass is 293 g/mol. The molecule has 0 aromatic rings. The van der Waals surface area contributed by atoms with E-state index in [1.165, 1.54) is 51.4 Å². The second-order valence-corrected chi connectivity index (χ2v) is 7.68. The summed E-state index contributed by atoms with van der Waals surface area (Å²) in [7, 11) is 0. The molecule has 2 aliphatic rings. The Labute approximate surface area is 131 Å². The molecule has 2 rings (SSSR count). The van der Waals surface area contributed by atoms with Crippen LogP contribution in [0.15, 0.2) is 11.6 Å². The van der Waals surface area contributed by atoms with Crippen LogP contribution in [0.1, 0.15) is 79.1 Å². The van der Waals surface area contributed by atoms with Crippen LogP contribution in [-0.2, 0) is 4.74 Å². The van der Waals surface area contributed by atoms with E-state index in [-0.39, 0.29) is 5.60 Å². The Morgan fingerprint density at radius 2 is 1.86 bits per heavy atom. The van der Waals surface area contributed by atoms with Gasteiger partial charge in [-0.05, 0) is 70.3 Å². The highest BCUT2D eigenvalue weighted by Gasteiger charge is 2.45. The Morgan fingerprint density at radius 3 is 2.38 bits per heavy atom. The maximum Gasteiger partial charge on any atom is 0.0873 e. The van der Waals surface area contributed by atoms with E-state index in [1.54, 1.807) is 5.57 Å². The third-order valence-electron chi connectivity index (χ3n) is 5.51. The van der Waals surface area contributed by atoms with Gasteiger partial charge in [0.05, 0.1) is 11.6 Å². The van der Waals surface area contributed by atoms with Crippen LogP contribution in [0, 0.1) is 5.41 Å². The first-order chi connectivity index (χ1) is 10.0. The molecule has 0 aliphatic heterocycles. The van der Waals surface area contributed by atoms with E-state index in [0.717, 1.165) is 13.2 Å². The molecule has 0 heterocycles. The van der Waals surface area contributed by atoms with Gasteiger partial charge in [-0.3, -0.25) is 0 Å². The molecule has 1 saturated carbocycles. The normalized spacial score (nSPS) is 26.2. The van der Waals surface area contributed by atoms with Crippen LogP contribution in [0.5, 0.6) is 0 Å². The lowest BCUT2D eigenvalue weighted by molar-refractivity contribution is -0.0992. The number of allylic oxidation sites excluding steroid dienone is 1. The first kappa shape index (κ1) is 17.0. The molecule has 2 nitrogen and oxygen atoms in total. The van der Waals surface area contributed by atoms with Gasteiger partial charge in [-0.15, -0.1) is 0 Å². The van der Waals surface area contributed by atoms with Gasteiger partial charge in [-0.2, -0.15) is 0 Å². The lowest BCUT2D eigenvalue weighted by Gasteiger charge is -2.49. The second kappa shape index (κ2) is 7.28. The van der Waals surface area contributed by atoms with Crippen molar-refractivity contribution in [1.29, 1.82) is 0 Å². The molecule has 2 heteroatoms. The van der Waals surface area contributed by atoms with E-state index >= 15 is 0 Å². The molecule has 1 atom stereocenters. The van der Waals surface area contributed by atoms with Crippen LogP contribution in [0.4, 0.5) is 0 Å². The topological polar surface area (TPSA) is 21.3 Å². The van der Waals surface area contributed by atoms with E-state index in [9.17, 15) is 0 Å². The average molecular weight is 293 g/mol. The van der Waals surface area contributed by atoms with Gasteiger partial charge in [0.15, 0.2) is 0 Å². The SMILES string of the molecule is CCNC(C1=CCCCC1)C1(OCC)CCC(C)(C)CC1. The molecule has 0 bridgehead atoms. The minimum absolute atomic E-state index is 0.0312. The Balaban J connectivity index is 2.22. The van der Waals surface area contributed by atoms with Gasteiger partial charge in [-0.1, -0.05) is 32.4 Å². The van der Waals surface area contributed by atoms with Crippen LogP contribution < -0.4 is 5.32 Å². The van der Waals surface area contributed by atoms with Crippen molar-refractivity contribution in [2.24, 2.45) is 5.41 Å². The fourth-order valence-electron chi connectivity index (χ4n) is 4.14. The standard InChI is InChI=1S/C19H35NO/c1-5-20-17(16-10-8-7-9-11-16)19(21-6-2)14-12-18(3,4)13-15-19/h10,17,20H,5-9,11-15H2,1-4H3. The first-order valence-electron chi connectivity index (χ1n) is 9.09. The zero-order valence-corrected chi connectivity index (χ0v) is 14.6. The Hall–Kier alpha value is -0.340. The van der Waals surface area contributed by atoms with E-state index < -0.39 is 0 Å². The van der Waals surface area contributed by atoms with Crippen molar-refractivity contribution in [1.82, 2.24) is 5.32 Å². The van der Waals surface area contributed by atoms with Crippen LogP contribution >= 0.6 is 0 Å². The molecule has 0 amide bonds. The second-order valence-electron chi connectivity index (χ2n) is 7.68. The van der Waals surface area contributed by atoms with Crippen LogP contribution in [0.3, 0.4) is 0 Å². The molecule has 0 aromatic carbocycles. The highest BCUT2D eigenvalue weighted by Crippen LogP contribution is 2.45. The summed E-state index contributed by atoms with van der Waals surface area (Å²) in [5.74, 6) is 0. The van der Waals surface area contributed by atoms with Crippen molar-refractivity contribution < 1.29 is 4.74 Å². The zero-order valence-electron chi connectivity index (χ0n) is 14.6. The number of ether oxygens (including phenoxy) is 1. The highest BCUT2D eigenvalue weighted by molar-refractivity contribution is 5.20. The molecule has 1 fully saturated rings. The van der Waals surface area contributed by atoms with Crippen molar-refractivity contribution in [3.63, 3.8) is 0 Å². The number of hydrogen-bond donors (Lipinski definition) is 1. The lowest BCUT2D eigenvalue weighted by atomic mass is 9.66. The van der Waals surface area contributed by atoms with Crippen LogP contribution in [0.25, 0.3) is 0 Å². The lowest BCUT2D eigenvalue weighted by Crippen LogP contribution is -2.56.